The number of nitro benzene ring substituents is 1. The van der Waals surface area contributed by atoms with Gasteiger partial charge in [0.25, 0.3) is 5.69 Å². The summed E-state index contributed by atoms with van der Waals surface area (Å²) in [5.74, 6) is -0.926. The average Bonchev–Trinajstić information content (AvgIpc) is 2.62. The monoisotopic (exact) mass is 454 g/mol. The largest absolute Gasteiger partial charge is 0.463 e. The minimum atomic E-state index is -4.99. The number of benzene rings is 1. The van der Waals surface area contributed by atoms with Crippen LogP contribution in [0.15, 0.2) is 18.2 Å². The van der Waals surface area contributed by atoms with E-state index in [2.05, 4.69) is 10.1 Å². The Balaban J connectivity index is 3.73. The number of halogens is 3. The normalized spacial score (nSPS) is 12.8. The van der Waals surface area contributed by atoms with Gasteiger partial charge in [0.1, 0.15) is 11.0 Å². The van der Waals surface area contributed by atoms with Crippen LogP contribution in [0.25, 0.3) is 6.08 Å². The zero-order chi connectivity index (χ0) is 23.3. The number of hydrogen-bond acceptors (Lipinski definition) is 6. The van der Waals surface area contributed by atoms with E-state index in [9.17, 15) is 42.4 Å². The van der Waals surface area contributed by atoms with Crippen LogP contribution in [-0.4, -0.2) is 32.6 Å². The number of nitrogens with zero attached hydrogens (tertiary/aromatic N) is 1. The maximum atomic E-state index is 13.4. The fourth-order valence-electron chi connectivity index (χ4n) is 2.75. The number of rotatable bonds is 9. The molecule has 0 saturated carbocycles. The number of carbonyl (C=O) groups excluding carboxylic acids is 1. The van der Waals surface area contributed by atoms with Crippen LogP contribution in [0.2, 0.25) is 0 Å². The summed E-state index contributed by atoms with van der Waals surface area (Å²) in [5, 5.41) is 11.8. The van der Waals surface area contributed by atoms with Gasteiger partial charge in [0.05, 0.1) is 17.1 Å². The van der Waals surface area contributed by atoms with E-state index in [0.29, 0.717) is 0 Å². The summed E-state index contributed by atoms with van der Waals surface area (Å²) in [7, 11) is -4.87. The number of ether oxygens (including phenoxy) is 1. The van der Waals surface area contributed by atoms with Crippen molar-refractivity contribution in [1.82, 2.24) is 0 Å². The van der Waals surface area contributed by atoms with Crippen molar-refractivity contribution in [2.45, 2.75) is 45.1 Å². The van der Waals surface area contributed by atoms with Crippen LogP contribution in [0.3, 0.4) is 0 Å². The maximum absolute atomic E-state index is 13.4. The Bertz CT molecular complexity index is 877. The van der Waals surface area contributed by atoms with Crippen molar-refractivity contribution >= 4 is 31.0 Å². The molecule has 1 rings (SSSR count). The number of nitro groups is 1. The highest BCUT2D eigenvalue weighted by atomic mass is 31.2. The van der Waals surface area contributed by atoms with Gasteiger partial charge < -0.3 is 19.8 Å². The van der Waals surface area contributed by atoms with Gasteiger partial charge in [0.2, 0.25) is 0 Å². The van der Waals surface area contributed by atoms with Crippen LogP contribution < -0.4 is 5.32 Å². The Kier molecular flexibility index (Phi) is 8.18. The molecule has 0 aliphatic rings. The first kappa shape index (κ1) is 25.6. The molecular weight excluding hydrogens is 432 g/mol. The van der Waals surface area contributed by atoms with Crippen LogP contribution >= 0.6 is 7.60 Å². The van der Waals surface area contributed by atoms with Crippen LogP contribution in [-0.2, 0) is 20.3 Å². The third-order valence-electron chi connectivity index (χ3n) is 4.45. The third kappa shape index (κ3) is 5.80. The predicted octanol–water partition coefficient (Wildman–Crippen LogP) is 4.30. The van der Waals surface area contributed by atoms with Crippen molar-refractivity contribution < 1.29 is 42.0 Å². The molecule has 13 heteroatoms. The summed E-state index contributed by atoms with van der Waals surface area (Å²) >= 11 is 0. The van der Waals surface area contributed by atoms with E-state index >= 15 is 0 Å². The van der Waals surface area contributed by atoms with E-state index in [0.717, 1.165) is 18.2 Å². The topological polar surface area (TPSA) is 139 Å². The molecule has 0 aromatic heterocycles. The van der Waals surface area contributed by atoms with Gasteiger partial charge in [-0.15, -0.1) is 0 Å². The highest BCUT2D eigenvalue weighted by Crippen LogP contribution is 2.55. The van der Waals surface area contributed by atoms with Crippen molar-refractivity contribution in [3.05, 3.63) is 39.4 Å². The van der Waals surface area contributed by atoms with Crippen molar-refractivity contribution in [3.8, 4) is 0 Å². The standard InChI is InChI=1S/C17H22F3N2O7P/c1-4-16(5-2,30(26,27)28)21-13-9-11(7-8-15(23)29-6-3)12(17(18,19)20)10-14(13)22(24)25/h7-10,21H,4-6H2,1-3H3,(H2,26,27,28). The average molecular weight is 454 g/mol. The number of nitrogens with one attached hydrogen (secondary N) is 1. The molecule has 168 valence electrons. The number of carbonyl (C=O) groups is 1. The summed E-state index contributed by atoms with van der Waals surface area (Å²) in [4.78, 5) is 41.2. The van der Waals surface area contributed by atoms with E-state index in [1.54, 1.807) is 0 Å². The lowest BCUT2D eigenvalue weighted by molar-refractivity contribution is -0.384. The second kappa shape index (κ2) is 9.59. The van der Waals surface area contributed by atoms with Crippen LogP contribution in [0.1, 0.15) is 44.7 Å². The lowest BCUT2D eigenvalue weighted by Gasteiger charge is -2.34. The molecule has 0 heterocycles. The Hall–Kier alpha value is -2.43. The van der Waals surface area contributed by atoms with E-state index in [-0.39, 0.29) is 25.5 Å². The summed E-state index contributed by atoms with van der Waals surface area (Å²) in [6.07, 6.45) is -3.83. The minimum Gasteiger partial charge on any atom is -0.463 e. The first-order chi connectivity index (χ1) is 13.7. The molecule has 0 aliphatic heterocycles. The van der Waals surface area contributed by atoms with Crippen molar-refractivity contribution in [3.63, 3.8) is 0 Å². The molecule has 1 aromatic rings. The zero-order valence-electron chi connectivity index (χ0n) is 16.4. The maximum Gasteiger partial charge on any atom is 0.417 e. The Labute approximate surface area is 170 Å². The molecule has 0 saturated heterocycles. The van der Waals surface area contributed by atoms with Crippen LogP contribution in [0, 0.1) is 10.1 Å². The second-order valence-corrected chi connectivity index (χ2v) is 8.15. The summed E-state index contributed by atoms with van der Waals surface area (Å²) < 4.78 is 56.9. The lowest BCUT2D eigenvalue weighted by atomic mass is 10.0. The van der Waals surface area contributed by atoms with E-state index in [4.69, 9.17) is 0 Å². The fourth-order valence-corrected chi connectivity index (χ4v) is 3.84. The van der Waals surface area contributed by atoms with Gasteiger partial charge in [-0.05, 0) is 37.5 Å². The minimum absolute atomic E-state index is 0.0137. The Morgan fingerprint density at radius 1 is 1.27 bits per heavy atom. The van der Waals surface area contributed by atoms with Gasteiger partial charge in [-0.3, -0.25) is 14.7 Å². The number of esters is 1. The molecule has 0 fully saturated rings. The third-order valence-corrected chi connectivity index (χ3v) is 6.31. The van der Waals surface area contributed by atoms with Gasteiger partial charge in [0.15, 0.2) is 0 Å². The molecule has 0 atom stereocenters. The quantitative estimate of drug-likeness (QED) is 0.165. The molecule has 9 nitrogen and oxygen atoms in total. The molecule has 0 unspecified atom stereocenters. The van der Waals surface area contributed by atoms with Gasteiger partial charge in [-0.2, -0.15) is 13.2 Å². The van der Waals surface area contributed by atoms with Crippen LogP contribution in [0.5, 0.6) is 0 Å². The van der Waals surface area contributed by atoms with Gasteiger partial charge in [-0.25, -0.2) is 4.79 Å². The molecule has 3 N–H and O–H groups in total. The van der Waals surface area contributed by atoms with Gasteiger partial charge >= 0.3 is 19.7 Å². The Morgan fingerprint density at radius 3 is 2.23 bits per heavy atom. The van der Waals surface area contributed by atoms with Crippen molar-refractivity contribution in [2.75, 3.05) is 11.9 Å². The number of alkyl halides is 3. The second-order valence-electron chi connectivity index (χ2n) is 6.20. The number of anilines is 1. The zero-order valence-corrected chi connectivity index (χ0v) is 17.3. The Morgan fingerprint density at radius 2 is 1.83 bits per heavy atom. The highest BCUT2D eigenvalue weighted by molar-refractivity contribution is 7.53. The lowest BCUT2D eigenvalue weighted by Crippen LogP contribution is -2.37. The van der Waals surface area contributed by atoms with E-state index < -0.39 is 52.4 Å². The van der Waals surface area contributed by atoms with Gasteiger partial charge in [0, 0.05) is 12.1 Å². The molecule has 0 radical (unpaired) electrons. The van der Waals surface area contributed by atoms with Crippen molar-refractivity contribution in [2.24, 2.45) is 0 Å². The molecule has 0 aliphatic carbocycles. The smallest absolute Gasteiger partial charge is 0.417 e. The summed E-state index contributed by atoms with van der Waals surface area (Å²) in [6.45, 7) is 4.33. The SMILES string of the molecule is CCOC(=O)C=Cc1cc(NC(CC)(CC)P(=O)(O)O)c([N+](=O)[O-])cc1C(F)(F)F. The molecule has 1 aromatic carbocycles. The molecule has 0 amide bonds. The summed E-state index contributed by atoms with van der Waals surface area (Å²) in [5.41, 5.74) is -3.55. The van der Waals surface area contributed by atoms with Crippen LogP contribution in [0.4, 0.5) is 24.5 Å². The highest BCUT2D eigenvalue weighted by Gasteiger charge is 2.45. The molecular formula is C17H22F3N2O7P. The predicted molar refractivity (Wildman–Crippen MR) is 103 cm³/mol. The fraction of sp³-hybridized carbons (Fsp3) is 0.471. The molecule has 0 spiro atoms. The van der Waals surface area contributed by atoms with E-state index in [1.807, 2.05) is 0 Å². The van der Waals surface area contributed by atoms with E-state index in [1.165, 1.54) is 20.8 Å². The first-order valence-corrected chi connectivity index (χ1v) is 10.4. The van der Waals surface area contributed by atoms with Crippen molar-refractivity contribution in [1.29, 1.82) is 0 Å². The molecule has 0 bridgehead atoms. The summed E-state index contributed by atoms with van der Waals surface area (Å²) in [6, 6.07) is 0.981. The van der Waals surface area contributed by atoms with Gasteiger partial charge in [-0.1, -0.05) is 13.8 Å². The number of hydrogen-bond donors (Lipinski definition) is 3. The molecule has 30 heavy (non-hydrogen) atoms. The first-order valence-electron chi connectivity index (χ1n) is 8.80.